The van der Waals surface area contributed by atoms with Gasteiger partial charge in [0.25, 0.3) is 0 Å². The molecule has 0 aliphatic heterocycles. The molecule has 3 nitrogen and oxygen atoms in total. The Morgan fingerprint density at radius 2 is 1.80 bits per heavy atom. The Labute approximate surface area is 123 Å². The van der Waals surface area contributed by atoms with Crippen LogP contribution in [0.25, 0.3) is 0 Å². The van der Waals surface area contributed by atoms with Gasteiger partial charge in [0, 0.05) is 19.6 Å². The Morgan fingerprint density at radius 1 is 1.10 bits per heavy atom. The highest BCUT2D eigenvalue weighted by Crippen LogP contribution is 2.22. The van der Waals surface area contributed by atoms with E-state index in [2.05, 4.69) is 49.2 Å². The fraction of sp³-hybridized carbons (Fsp3) is 0.588. The van der Waals surface area contributed by atoms with Crippen LogP contribution in [0.2, 0.25) is 0 Å². The van der Waals surface area contributed by atoms with E-state index in [9.17, 15) is 5.26 Å². The summed E-state index contributed by atoms with van der Waals surface area (Å²) < 4.78 is 0. The van der Waals surface area contributed by atoms with Gasteiger partial charge in [-0.2, -0.15) is 5.26 Å². The average Bonchev–Trinajstić information content (AvgIpc) is 2.47. The Bertz CT molecular complexity index is 428. The number of nitrogens with zero attached hydrogens (tertiary/aromatic N) is 2. The summed E-state index contributed by atoms with van der Waals surface area (Å²) in [4.78, 5) is 2.32. The van der Waals surface area contributed by atoms with Crippen LogP contribution < -0.4 is 10.2 Å². The molecule has 0 saturated heterocycles. The zero-order chi connectivity index (χ0) is 14.8. The Kier molecular flexibility index (Phi) is 7.75. The van der Waals surface area contributed by atoms with Gasteiger partial charge in [-0.15, -0.1) is 0 Å². The minimum Gasteiger partial charge on any atom is -0.370 e. The van der Waals surface area contributed by atoms with Crippen molar-refractivity contribution in [3.05, 3.63) is 29.3 Å². The lowest BCUT2D eigenvalue weighted by atomic mass is 10.1. The van der Waals surface area contributed by atoms with E-state index in [0.29, 0.717) is 0 Å². The largest absolute Gasteiger partial charge is 0.370 e. The van der Waals surface area contributed by atoms with Crippen LogP contribution in [0.4, 0.5) is 5.69 Å². The lowest BCUT2D eigenvalue weighted by Crippen LogP contribution is -2.25. The molecule has 110 valence electrons. The van der Waals surface area contributed by atoms with E-state index < -0.39 is 0 Å². The monoisotopic (exact) mass is 273 g/mol. The van der Waals surface area contributed by atoms with Gasteiger partial charge in [-0.1, -0.05) is 26.8 Å². The predicted octanol–water partition coefficient (Wildman–Crippen LogP) is 3.68. The van der Waals surface area contributed by atoms with E-state index in [0.717, 1.165) is 56.7 Å². The molecule has 1 aromatic carbocycles. The third-order valence-electron chi connectivity index (χ3n) is 3.27. The first-order chi connectivity index (χ1) is 9.76. The van der Waals surface area contributed by atoms with E-state index in [1.807, 2.05) is 6.07 Å². The molecular weight excluding hydrogens is 246 g/mol. The number of hydrogen-bond donors (Lipinski definition) is 1. The molecule has 0 fully saturated rings. The maximum absolute atomic E-state index is 9.40. The lowest BCUT2D eigenvalue weighted by molar-refractivity contribution is 0.675. The van der Waals surface area contributed by atoms with Crippen molar-refractivity contribution < 1.29 is 0 Å². The molecule has 0 aromatic heterocycles. The zero-order valence-electron chi connectivity index (χ0n) is 13.1. The Hall–Kier alpha value is -1.53. The SMILES string of the molecule is CCCNCc1ccc(N(CCC)CCC)c(C#N)c1. The maximum Gasteiger partial charge on any atom is 0.101 e. The maximum atomic E-state index is 9.40. The molecule has 0 atom stereocenters. The molecular formula is C17H27N3. The lowest BCUT2D eigenvalue weighted by Gasteiger charge is -2.25. The van der Waals surface area contributed by atoms with Crippen LogP contribution in [0.15, 0.2) is 18.2 Å². The van der Waals surface area contributed by atoms with E-state index in [1.165, 1.54) is 5.56 Å². The number of anilines is 1. The van der Waals surface area contributed by atoms with Crippen molar-refractivity contribution in [3.63, 3.8) is 0 Å². The van der Waals surface area contributed by atoms with E-state index in [1.54, 1.807) is 0 Å². The molecule has 0 aliphatic rings. The zero-order valence-corrected chi connectivity index (χ0v) is 13.1. The predicted molar refractivity (Wildman–Crippen MR) is 85.9 cm³/mol. The van der Waals surface area contributed by atoms with Crippen molar-refractivity contribution in [1.29, 1.82) is 5.26 Å². The van der Waals surface area contributed by atoms with Gasteiger partial charge < -0.3 is 10.2 Å². The van der Waals surface area contributed by atoms with Crippen molar-refractivity contribution in [2.24, 2.45) is 0 Å². The molecule has 0 aliphatic carbocycles. The number of hydrogen-bond acceptors (Lipinski definition) is 3. The molecule has 0 bridgehead atoms. The van der Waals surface area contributed by atoms with Crippen LogP contribution in [0.5, 0.6) is 0 Å². The molecule has 0 unspecified atom stereocenters. The third kappa shape index (κ3) is 4.86. The van der Waals surface area contributed by atoms with Gasteiger partial charge in [0.05, 0.1) is 11.3 Å². The summed E-state index contributed by atoms with van der Waals surface area (Å²) in [6.45, 7) is 10.4. The van der Waals surface area contributed by atoms with Gasteiger partial charge in [-0.05, 0) is 43.5 Å². The second-order valence-corrected chi connectivity index (χ2v) is 5.13. The van der Waals surface area contributed by atoms with Crippen LogP contribution in [-0.2, 0) is 6.54 Å². The smallest absolute Gasteiger partial charge is 0.101 e. The third-order valence-corrected chi connectivity index (χ3v) is 3.27. The van der Waals surface area contributed by atoms with Crippen LogP contribution in [0.1, 0.15) is 51.2 Å². The Morgan fingerprint density at radius 3 is 2.35 bits per heavy atom. The first kappa shape index (κ1) is 16.5. The van der Waals surface area contributed by atoms with Crippen molar-refractivity contribution in [3.8, 4) is 6.07 Å². The van der Waals surface area contributed by atoms with Gasteiger partial charge in [0.1, 0.15) is 6.07 Å². The van der Waals surface area contributed by atoms with Gasteiger partial charge in [-0.3, -0.25) is 0 Å². The minimum atomic E-state index is 0.794. The molecule has 0 spiro atoms. The molecule has 0 saturated carbocycles. The molecule has 3 heteroatoms. The highest BCUT2D eigenvalue weighted by Gasteiger charge is 2.10. The van der Waals surface area contributed by atoms with Crippen molar-refractivity contribution in [2.45, 2.75) is 46.6 Å². The van der Waals surface area contributed by atoms with Crippen molar-refractivity contribution >= 4 is 5.69 Å². The van der Waals surface area contributed by atoms with Crippen LogP contribution in [-0.4, -0.2) is 19.6 Å². The van der Waals surface area contributed by atoms with Crippen LogP contribution in [0.3, 0.4) is 0 Å². The van der Waals surface area contributed by atoms with Gasteiger partial charge >= 0.3 is 0 Å². The van der Waals surface area contributed by atoms with Gasteiger partial charge in [0.2, 0.25) is 0 Å². The summed E-state index contributed by atoms with van der Waals surface area (Å²) in [5.74, 6) is 0. The minimum absolute atomic E-state index is 0.794. The molecule has 0 radical (unpaired) electrons. The number of benzene rings is 1. The molecule has 1 rings (SSSR count). The summed E-state index contributed by atoms with van der Waals surface area (Å²) in [5, 5.41) is 12.8. The summed E-state index contributed by atoms with van der Waals surface area (Å²) in [5.41, 5.74) is 3.06. The topological polar surface area (TPSA) is 39.1 Å². The second kappa shape index (κ2) is 9.39. The first-order valence-corrected chi connectivity index (χ1v) is 7.75. The highest BCUT2D eigenvalue weighted by molar-refractivity contribution is 5.60. The summed E-state index contributed by atoms with van der Waals surface area (Å²) in [6, 6.07) is 8.62. The molecule has 0 amide bonds. The van der Waals surface area contributed by atoms with E-state index in [-0.39, 0.29) is 0 Å². The molecule has 1 N–H and O–H groups in total. The van der Waals surface area contributed by atoms with Gasteiger partial charge in [-0.25, -0.2) is 0 Å². The van der Waals surface area contributed by atoms with Crippen molar-refractivity contribution in [1.82, 2.24) is 5.32 Å². The normalized spacial score (nSPS) is 10.3. The molecule has 0 heterocycles. The van der Waals surface area contributed by atoms with E-state index >= 15 is 0 Å². The Balaban J connectivity index is 2.88. The average molecular weight is 273 g/mol. The van der Waals surface area contributed by atoms with E-state index in [4.69, 9.17) is 0 Å². The summed E-state index contributed by atoms with van der Waals surface area (Å²) in [7, 11) is 0. The van der Waals surface area contributed by atoms with Crippen LogP contribution in [0, 0.1) is 11.3 Å². The summed E-state index contributed by atoms with van der Waals surface area (Å²) >= 11 is 0. The number of rotatable bonds is 9. The quantitative estimate of drug-likeness (QED) is 0.698. The standard InChI is InChI=1S/C17H27N3/c1-4-9-19-14-15-7-8-17(16(12-15)13-18)20(10-5-2)11-6-3/h7-8,12,19H,4-6,9-11,14H2,1-3H3. The first-order valence-electron chi connectivity index (χ1n) is 7.75. The number of nitriles is 1. The van der Waals surface area contributed by atoms with Crippen molar-refractivity contribution in [2.75, 3.05) is 24.5 Å². The summed E-state index contributed by atoms with van der Waals surface area (Å²) in [6.07, 6.45) is 3.33. The van der Waals surface area contributed by atoms with Gasteiger partial charge in [0.15, 0.2) is 0 Å². The number of nitrogens with one attached hydrogen (secondary N) is 1. The second-order valence-electron chi connectivity index (χ2n) is 5.13. The van der Waals surface area contributed by atoms with Crippen LogP contribution >= 0.6 is 0 Å². The molecule has 1 aromatic rings. The fourth-order valence-electron chi connectivity index (χ4n) is 2.36. The highest BCUT2D eigenvalue weighted by atomic mass is 15.1. The fourth-order valence-corrected chi connectivity index (χ4v) is 2.36. The molecule has 20 heavy (non-hydrogen) atoms.